The number of methoxy groups -OCH3 is 2. The SMILES string of the molecule is COc1ccc(NC(=O)Oc2ccccc2C(N)=O)c(OC)c1. The summed E-state index contributed by atoms with van der Waals surface area (Å²) in [6.45, 7) is 0. The van der Waals surface area contributed by atoms with E-state index in [1.54, 1.807) is 30.3 Å². The van der Waals surface area contributed by atoms with Gasteiger partial charge in [-0.15, -0.1) is 0 Å². The average Bonchev–Trinajstić information content (AvgIpc) is 2.55. The van der Waals surface area contributed by atoms with Crippen molar-refractivity contribution in [1.29, 1.82) is 0 Å². The molecule has 2 amide bonds. The summed E-state index contributed by atoms with van der Waals surface area (Å²) in [5.74, 6) is 0.379. The van der Waals surface area contributed by atoms with Gasteiger partial charge in [-0.25, -0.2) is 4.79 Å². The minimum Gasteiger partial charge on any atom is -0.497 e. The number of amides is 2. The lowest BCUT2D eigenvalue weighted by atomic mass is 10.2. The van der Waals surface area contributed by atoms with Crippen molar-refractivity contribution in [2.24, 2.45) is 5.73 Å². The minimum atomic E-state index is -0.776. The van der Waals surface area contributed by atoms with Crippen LogP contribution in [0, 0.1) is 0 Å². The van der Waals surface area contributed by atoms with Gasteiger partial charge in [0.05, 0.1) is 25.5 Å². The van der Waals surface area contributed by atoms with Gasteiger partial charge in [-0.05, 0) is 24.3 Å². The molecule has 0 bridgehead atoms. The fourth-order valence-electron chi connectivity index (χ4n) is 1.90. The summed E-state index contributed by atoms with van der Waals surface area (Å²) in [6.07, 6.45) is -0.776. The standard InChI is InChI=1S/C16H16N2O5/c1-21-10-7-8-12(14(9-10)22-2)18-16(20)23-13-6-4-3-5-11(13)15(17)19/h3-9H,1-2H3,(H2,17,19)(H,18,20). The predicted octanol–water partition coefficient (Wildman–Crippen LogP) is 2.41. The molecule has 7 nitrogen and oxygen atoms in total. The Hall–Kier alpha value is -3.22. The summed E-state index contributed by atoms with van der Waals surface area (Å²) >= 11 is 0. The molecule has 0 radical (unpaired) electrons. The largest absolute Gasteiger partial charge is 0.497 e. The second-order valence-corrected chi connectivity index (χ2v) is 4.44. The summed E-state index contributed by atoms with van der Waals surface area (Å²) in [5, 5.41) is 2.53. The van der Waals surface area contributed by atoms with Crippen molar-refractivity contribution >= 4 is 17.7 Å². The van der Waals surface area contributed by atoms with E-state index < -0.39 is 12.0 Å². The number of carbonyl (C=O) groups is 2. The van der Waals surface area contributed by atoms with E-state index in [4.69, 9.17) is 19.9 Å². The molecular weight excluding hydrogens is 300 g/mol. The van der Waals surface area contributed by atoms with E-state index in [1.165, 1.54) is 26.4 Å². The normalized spacial score (nSPS) is 9.83. The van der Waals surface area contributed by atoms with Crippen molar-refractivity contribution < 1.29 is 23.8 Å². The third-order valence-electron chi connectivity index (χ3n) is 3.00. The topological polar surface area (TPSA) is 99.9 Å². The molecule has 120 valence electrons. The van der Waals surface area contributed by atoms with E-state index in [0.717, 1.165) is 0 Å². The number of rotatable bonds is 5. The Labute approximate surface area is 133 Å². The number of hydrogen-bond donors (Lipinski definition) is 2. The first-order chi connectivity index (χ1) is 11.0. The summed E-state index contributed by atoms with van der Waals surface area (Å²) in [4.78, 5) is 23.3. The van der Waals surface area contributed by atoms with Gasteiger partial charge in [-0.2, -0.15) is 0 Å². The summed E-state index contributed by atoms with van der Waals surface area (Å²) in [6, 6.07) is 11.1. The van der Waals surface area contributed by atoms with Crippen LogP contribution < -0.4 is 25.3 Å². The molecule has 0 heterocycles. The lowest BCUT2D eigenvalue weighted by molar-refractivity contribution is 0.0998. The molecule has 2 aromatic rings. The molecule has 3 N–H and O–H groups in total. The van der Waals surface area contributed by atoms with Gasteiger partial charge >= 0.3 is 6.09 Å². The Morgan fingerprint density at radius 1 is 1.00 bits per heavy atom. The van der Waals surface area contributed by atoms with Gasteiger partial charge in [0.25, 0.3) is 5.91 Å². The third kappa shape index (κ3) is 3.91. The van der Waals surface area contributed by atoms with Crippen LogP contribution in [0.15, 0.2) is 42.5 Å². The molecule has 0 aliphatic rings. The monoisotopic (exact) mass is 316 g/mol. The van der Waals surface area contributed by atoms with E-state index in [-0.39, 0.29) is 11.3 Å². The number of ether oxygens (including phenoxy) is 3. The van der Waals surface area contributed by atoms with Crippen LogP contribution in [0.1, 0.15) is 10.4 Å². The first kappa shape index (κ1) is 16.2. The predicted molar refractivity (Wildman–Crippen MR) is 84.2 cm³/mol. The summed E-state index contributed by atoms with van der Waals surface area (Å²) in [7, 11) is 2.99. The van der Waals surface area contributed by atoms with Gasteiger partial charge in [0.2, 0.25) is 0 Å². The molecule has 23 heavy (non-hydrogen) atoms. The maximum Gasteiger partial charge on any atom is 0.417 e. The van der Waals surface area contributed by atoms with Crippen molar-refractivity contribution in [3.8, 4) is 17.2 Å². The number of hydrogen-bond acceptors (Lipinski definition) is 5. The van der Waals surface area contributed by atoms with Gasteiger partial charge in [-0.3, -0.25) is 10.1 Å². The maximum atomic E-state index is 12.0. The highest BCUT2D eigenvalue weighted by molar-refractivity contribution is 5.97. The van der Waals surface area contributed by atoms with E-state index in [0.29, 0.717) is 17.2 Å². The number of nitrogens with two attached hydrogens (primary N) is 1. The van der Waals surface area contributed by atoms with Crippen LogP contribution in [0.5, 0.6) is 17.2 Å². The molecule has 2 rings (SSSR count). The summed E-state index contributed by atoms with van der Waals surface area (Å²) in [5.41, 5.74) is 5.75. The van der Waals surface area contributed by atoms with E-state index >= 15 is 0 Å². The Bertz CT molecular complexity index is 730. The zero-order valence-corrected chi connectivity index (χ0v) is 12.7. The van der Waals surface area contributed by atoms with Gasteiger partial charge in [-0.1, -0.05) is 12.1 Å². The highest BCUT2D eigenvalue weighted by atomic mass is 16.6. The molecule has 0 atom stereocenters. The molecule has 0 aliphatic carbocycles. The van der Waals surface area contributed by atoms with Crippen LogP contribution in [-0.4, -0.2) is 26.2 Å². The van der Waals surface area contributed by atoms with Gasteiger partial charge in [0.1, 0.15) is 17.2 Å². The van der Waals surface area contributed by atoms with Crippen LogP contribution in [0.25, 0.3) is 0 Å². The molecule has 0 spiro atoms. The van der Waals surface area contributed by atoms with E-state index in [1.807, 2.05) is 0 Å². The zero-order valence-electron chi connectivity index (χ0n) is 12.7. The smallest absolute Gasteiger partial charge is 0.417 e. The van der Waals surface area contributed by atoms with Crippen molar-refractivity contribution in [2.45, 2.75) is 0 Å². The molecule has 0 unspecified atom stereocenters. The van der Waals surface area contributed by atoms with E-state index in [2.05, 4.69) is 5.32 Å². The molecule has 0 saturated carbocycles. The number of nitrogens with one attached hydrogen (secondary N) is 1. The van der Waals surface area contributed by atoms with Crippen molar-refractivity contribution in [2.75, 3.05) is 19.5 Å². The average molecular weight is 316 g/mol. The van der Waals surface area contributed by atoms with Crippen molar-refractivity contribution in [3.05, 3.63) is 48.0 Å². The van der Waals surface area contributed by atoms with Crippen LogP contribution >= 0.6 is 0 Å². The zero-order chi connectivity index (χ0) is 16.8. The van der Waals surface area contributed by atoms with Gasteiger partial charge < -0.3 is 19.9 Å². The lowest BCUT2D eigenvalue weighted by Crippen LogP contribution is -2.20. The fraction of sp³-hybridized carbons (Fsp3) is 0.125. The van der Waals surface area contributed by atoms with Crippen molar-refractivity contribution in [1.82, 2.24) is 0 Å². The Balaban J connectivity index is 2.16. The van der Waals surface area contributed by atoms with Gasteiger partial charge in [0, 0.05) is 6.07 Å². The summed E-state index contributed by atoms with van der Waals surface area (Å²) < 4.78 is 15.4. The Morgan fingerprint density at radius 3 is 2.39 bits per heavy atom. The highest BCUT2D eigenvalue weighted by Gasteiger charge is 2.14. The molecule has 0 aliphatic heterocycles. The minimum absolute atomic E-state index is 0.0741. The first-order valence-corrected chi connectivity index (χ1v) is 6.65. The molecular formula is C16H16N2O5. The molecule has 0 aromatic heterocycles. The molecule has 0 saturated heterocycles. The van der Waals surface area contributed by atoms with Crippen molar-refractivity contribution in [3.63, 3.8) is 0 Å². The van der Waals surface area contributed by atoms with Crippen LogP contribution in [0.3, 0.4) is 0 Å². The quantitative estimate of drug-likeness (QED) is 0.882. The first-order valence-electron chi connectivity index (χ1n) is 6.65. The van der Waals surface area contributed by atoms with Crippen LogP contribution in [0.2, 0.25) is 0 Å². The highest BCUT2D eigenvalue weighted by Crippen LogP contribution is 2.29. The molecule has 2 aromatic carbocycles. The number of benzene rings is 2. The van der Waals surface area contributed by atoms with Crippen LogP contribution in [-0.2, 0) is 0 Å². The lowest BCUT2D eigenvalue weighted by Gasteiger charge is -2.12. The number of primary amides is 1. The second kappa shape index (κ2) is 7.17. The van der Waals surface area contributed by atoms with Gasteiger partial charge in [0.15, 0.2) is 0 Å². The number of para-hydroxylation sites is 1. The van der Waals surface area contributed by atoms with E-state index in [9.17, 15) is 9.59 Å². The Kier molecular flexibility index (Phi) is 5.03. The van der Waals surface area contributed by atoms with Crippen LogP contribution in [0.4, 0.5) is 10.5 Å². The maximum absolute atomic E-state index is 12.0. The molecule has 7 heteroatoms. The molecule has 0 fully saturated rings. The number of anilines is 1. The Morgan fingerprint density at radius 2 is 1.74 bits per heavy atom. The number of carbonyl (C=O) groups excluding carboxylic acids is 2. The fourth-order valence-corrected chi connectivity index (χ4v) is 1.90. The second-order valence-electron chi connectivity index (χ2n) is 4.44. The third-order valence-corrected chi connectivity index (χ3v) is 3.00.